The Kier molecular flexibility index (Phi) is 4.57. The van der Waals surface area contributed by atoms with E-state index in [0.717, 1.165) is 0 Å². The molecule has 0 bridgehead atoms. The second-order valence-electron chi connectivity index (χ2n) is 5.43. The number of amides is 2. The molecule has 7 heteroatoms. The number of furan rings is 1. The molecule has 0 atom stereocenters. The Labute approximate surface area is 138 Å². The highest BCUT2D eigenvalue weighted by atomic mass is 32.1. The fourth-order valence-electron chi connectivity index (χ4n) is 2.65. The lowest BCUT2D eigenvalue weighted by Crippen LogP contribution is -2.46. The molecule has 0 spiro atoms. The minimum atomic E-state index is -0.178. The monoisotopic (exact) mass is 331 g/mol. The van der Waals surface area contributed by atoms with Gasteiger partial charge in [0, 0.05) is 25.3 Å². The van der Waals surface area contributed by atoms with Crippen molar-refractivity contribution in [1.82, 2.24) is 15.2 Å². The summed E-state index contributed by atoms with van der Waals surface area (Å²) in [7, 11) is 0. The van der Waals surface area contributed by atoms with Gasteiger partial charge in [-0.1, -0.05) is 12.2 Å². The summed E-state index contributed by atoms with van der Waals surface area (Å²) in [5.41, 5.74) is 0.469. The van der Waals surface area contributed by atoms with Crippen LogP contribution in [0, 0.1) is 4.64 Å². The van der Waals surface area contributed by atoms with Crippen LogP contribution in [0.2, 0.25) is 0 Å². The number of piperidine rings is 1. The number of aromatic nitrogens is 1. The summed E-state index contributed by atoms with van der Waals surface area (Å²) in [4.78, 5) is 29.0. The van der Waals surface area contributed by atoms with Crippen LogP contribution < -0.4 is 5.32 Å². The number of hydrogen-bond donors (Lipinski definition) is 2. The Morgan fingerprint density at radius 1 is 1.26 bits per heavy atom. The largest absolute Gasteiger partial charge is 0.459 e. The van der Waals surface area contributed by atoms with Crippen LogP contribution in [0.15, 0.2) is 41.1 Å². The van der Waals surface area contributed by atoms with Crippen LogP contribution in [0.3, 0.4) is 0 Å². The van der Waals surface area contributed by atoms with Gasteiger partial charge in [0.15, 0.2) is 5.76 Å². The Morgan fingerprint density at radius 3 is 2.70 bits per heavy atom. The topological polar surface area (TPSA) is 78.3 Å². The van der Waals surface area contributed by atoms with E-state index in [1.54, 1.807) is 35.4 Å². The molecule has 0 unspecified atom stereocenters. The van der Waals surface area contributed by atoms with Crippen LogP contribution in [-0.4, -0.2) is 40.8 Å². The first kappa shape index (κ1) is 15.5. The number of nitrogens with one attached hydrogen (secondary N) is 2. The molecule has 3 rings (SSSR count). The van der Waals surface area contributed by atoms with Crippen LogP contribution in [-0.2, 0) is 0 Å². The predicted octanol–water partition coefficient (Wildman–Crippen LogP) is 2.37. The Bertz CT molecular complexity index is 746. The van der Waals surface area contributed by atoms with E-state index in [-0.39, 0.29) is 17.9 Å². The minimum absolute atomic E-state index is 0.0396. The number of H-pyrrole nitrogens is 1. The second kappa shape index (κ2) is 6.78. The third kappa shape index (κ3) is 3.50. The van der Waals surface area contributed by atoms with Gasteiger partial charge in [0.25, 0.3) is 11.8 Å². The van der Waals surface area contributed by atoms with Gasteiger partial charge in [0.2, 0.25) is 0 Å². The van der Waals surface area contributed by atoms with Crippen LogP contribution in [0.5, 0.6) is 0 Å². The predicted molar refractivity (Wildman–Crippen MR) is 86.7 cm³/mol. The molecule has 2 amide bonds. The van der Waals surface area contributed by atoms with Crippen molar-refractivity contribution in [1.29, 1.82) is 0 Å². The van der Waals surface area contributed by atoms with E-state index in [1.807, 2.05) is 0 Å². The number of likely N-dealkylation sites (tertiary alicyclic amines) is 1. The third-order valence-electron chi connectivity index (χ3n) is 3.91. The van der Waals surface area contributed by atoms with E-state index in [1.165, 1.54) is 6.26 Å². The first-order valence-electron chi connectivity index (χ1n) is 7.46. The molecule has 1 aliphatic rings. The molecule has 0 aromatic carbocycles. The van der Waals surface area contributed by atoms with Crippen molar-refractivity contribution < 1.29 is 14.0 Å². The van der Waals surface area contributed by atoms with E-state index in [0.29, 0.717) is 41.9 Å². The molecule has 0 saturated carbocycles. The number of pyridine rings is 1. The van der Waals surface area contributed by atoms with Gasteiger partial charge in [-0.3, -0.25) is 9.59 Å². The maximum atomic E-state index is 12.2. The van der Waals surface area contributed by atoms with Crippen LogP contribution in [0.1, 0.15) is 33.8 Å². The number of rotatable bonds is 3. The Morgan fingerprint density at radius 2 is 2.04 bits per heavy atom. The van der Waals surface area contributed by atoms with Gasteiger partial charge < -0.3 is 19.6 Å². The van der Waals surface area contributed by atoms with Crippen molar-refractivity contribution in [2.75, 3.05) is 13.1 Å². The van der Waals surface area contributed by atoms with Gasteiger partial charge in [-0.15, -0.1) is 0 Å². The number of carbonyl (C=O) groups excluding carboxylic acids is 2. The van der Waals surface area contributed by atoms with Gasteiger partial charge in [-0.25, -0.2) is 0 Å². The molecule has 6 nitrogen and oxygen atoms in total. The van der Waals surface area contributed by atoms with Crippen molar-refractivity contribution in [2.45, 2.75) is 18.9 Å². The van der Waals surface area contributed by atoms with Crippen LogP contribution in [0.25, 0.3) is 0 Å². The highest BCUT2D eigenvalue weighted by molar-refractivity contribution is 7.71. The summed E-state index contributed by atoms with van der Waals surface area (Å²) >= 11 is 5.11. The molecule has 0 radical (unpaired) electrons. The van der Waals surface area contributed by atoms with Gasteiger partial charge in [0.05, 0.1) is 11.8 Å². The van der Waals surface area contributed by atoms with E-state index in [2.05, 4.69) is 10.3 Å². The highest BCUT2D eigenvalue weighted by Gasteiger charge is 2.26. The minimum Gasteiger partial charge on any atom is -0.459 e. The molecule has 0 aliphatic carbocycles. The van der Waals surface area contributed by atoms with E-state index in [9.17, 15) is 9.59 Å². The maximum absolute atomic E-state index is 12.2. The molecule has 1 aliphatic heterocycles. The van der Waals surface area contributed by atoms with Crippen LogP contribution in [0.4, 0.5) is 0 Å². The fourth-order valence-corrected chi connectivity index (χ4v) is 2.88. The summed E-state index contributed by atoms with van der Waals surface area (Å²) in [6, 6.07) is 6.84. The zero-order valence-electron chi connectivity index (χ0n) is 12.5. The summed E-state index contributed by atoms with van der Waals surface area (Å²) in [5.74, 6) is 0.0657. The smallest absolute Gasteiger partial charge is 0.289 e. The summed E-state index contributed by atoms with van der Waals surface area (Å²) in [6.45, 7) is 1.18. The molecule has 120 valence electrons. The van der Waals surface area contributed by atoms with Gasteiger partial charge >= 0.3 is 0 Å². The summed E-state index contributed by atoms with van der Waals surface area (Å²) < 4.78 is 5.56. The second-order valence-corrected chi connectivity index (χ2v) is 5.84. The van der Waals surface area contributed by atoms with Crippen molar-refractivity contribution in [2.24, 2.45) is 0 Å². The van der Waals surface area contributed by atoms with E-state index in [4.69, 9.17) is 16.6 Å². The summed E-state index contributed by atoms with van der Waals surface area (Å²) in [5, 5.41) is 2.98. The molecule has 2 aromatic heterocycles. The SMILES string of the molecule is O=C(NC1CCN(C(=O)c2ccco2)CC1)c1ccc[nH]c1=S. The average molecular weight is 331 g/mol. The first-order chi connectivity index (χ1) is 11.1. The zero-order chi connectivity index (χ0) is 16.2. The molecule has 3 heterocycles. The zero-order valence-corrected chi connectivity index (χ0v) is 13.3. The molecule has 1 saturated heterocycles. The van der Waals surface area contributed by atoms with E-state index < -0.39 is 0 Å². The van der Waals surface area contributed by atoms with Crippen molar-refractivity contribution >= 4 is 24.0 Å². The number of nitrogens with zero attached hydrogens (tertiary/aromatic N) is 1. The van der Waals surface area contributed by atoms with Crippen LogP contribution >= 0.6 is 12.2 Å². The molecule has 1 fully saturated rings. The normalized spacial score (nSPS) is 15.4. The molecule has 2 aromatic rings. The number of aromatic amines is 1. The average Bonchev–Trinajstić information content (AvgIpc) is 3.09. The van der Waals surface area contributed by atoms with Crippen molar-refractivity contribution in [3.63, 3.8) is 0 Å². The lowest BCUT2D eigenvalue weighted by atomic mass is 10.0. The molecule has 23 heavy (non-hydrogen) atoms. The van der Waals surface area contributed by atoms with Gasteiger partial charge in [-0.2, -0.15) is 0 Å². The van der Waals surface area contributed by atoms with E-state index >= 15 is 0 Å². The number of hydrogen-bond acceptors (Lipinski definition) is 4. The molecular weight excluding hydrogens is 314 g/mol. The highest BCUT2D eigenvalue weighted by Crippen LogP contribution is 2.15. The summed E-state index contributed by atoms with van der Waals surface area (Å²) in [6.07, 6.45) is 4.60. The Hall–Kier alpha value is -2.41. The first-order valence-corrected chi connectivity index (χ1v) is 7.87. The van der Waals surface area contributed by atoms with Gasteiger partial charge in [0.1, 0.15) is 4.64 Å². The lowest BCUT2D eigenvalue weighted by Gasteiger charge is -2.31. The third-order valence-corrected chi connectivity index (χ3v) is 4.25. The lowest BCUT2D eigenvalue weighted by molar-refractivity contribution is 0.0667. The fraction of sp³-hybridized carbons (Fsp3) is 0.312. The Balaban J connectivity index is 1.55. The van der Waals surface area contributed by atoms with Crippen molar-refractivity contribution in [3.8, 4) is 0 Å². The standard InChI is InChI=1S/C16H17N3O3S/c20-14(12-3-1-7-17-15(12)23)18-11-5-8-19(9-6-11)16(21)13-4-2-10-22-13/h1-4,7,10-11H,5-6,8-9H2,(H,17,23)(H,18,20). The van der Waals surface area contributed by atoms with Crippen molar-refractivity contribution in [3.05, 3.63) is 52.7 Å². The maximum Gasteiger partial charge on any atom is 0.289 e. The van der Waals surface area contributed by atoms with Gasteiger partial charge in [-0.05, 0) is 37.1 Å². The number of carbonyl (C=O) groups is 2. The quantitative estimate of drug-likeness (QED) is 0.847. The molecular formula is C16H17N3O3S. The molecule has 2 N–H and O–H groups in total.